The summed E-state index contributed by atoms with van der Waals surface area (Å²) in [6.45, 7) is 2.66. The van der Waals surface area contributed by atoms with E-state index in [1.807, 2.05) is 0 Å². The van der Waals surface area contributed by atoms with E-state index in [4.69, 9.17) is 10.5 Å². The van der Waals surface area contributed by atoms with Crippen molar-refractivity contribution in [2.45, 2.75) is 25.3 Å². The van der Waals surface area contributed by atoms with Gasteiger partial charge in [-0.3, -0.25) is 4.79 Å². The van der Waals surface area contributed by atoms with Crippen molar-refractivity contribution >= 4 is 28.2 Å². The number of thiazole rings is 1. The highest BCUT2D eigenvalue weighted by molar-refractivity contribution is 7.18. The Morgan fingerprint density at radius 3 is 3.05 bits per heavy atom. The van der Waals surface area contributed by atoms with Gasteiger partial charge in [-0.15, -0.1) is 0 Å². The molecule has 1 aromatic rings. The minimum Gasteiger partial charge on any atom is -0.382 e. The van der Waals surface area contributed by atoms with Gasteiger partial charge < -0.3 is 20.7 Å². The number of nitrogens with two attached hydrogens (primary N) is 1. The highest BCUT2D eigenvalue weighted by atomic mass is 32.1. The van der Waals surface area contributed by atoms with Crippen LogP contribution in [0.1, 0.15) is 28.9 Å². The third-order valence-electron chi connectivity index (χ3n) is 3.26. The number of nitrogens with zero attached hydrogens (tertiary/aromatic N) is 2. The molecule has 0 atom stereocenters. The Kier molecular flexibility index (Phi) is 3.56. The molecule has 1 saturated carbocycles. The first-order valence-electron chi connectivity index (χ1n) is 6.64. The first-order chi connectivity index (χ1) is 9.24. The number of hydrogen-bond acceptors (Lipinski definition) is 6. The maximum Gasteiger partial charge on any atom is 0.267 e. The van der Waals surface area contributed by atoms with Crippen LogP contribution in [0.2, 0.25) is 0 Å². The van der Waals surface area contributed by atoms with Gasteiger partial charge in [-0.2, -0.15) is 0 Å². The average molecular weight is 282 g/mol. The van der Waals surface area contributed by atoms with Gasteiger partial charge in [0.1, 0.15) is 10.7 Å². The van der Waals surface area contributed by atoms with Crippen LogP contribution in [0.3, 0.4) is 0 Å². The van der Waals surface area contributed by atoms with E-state index in [1.165, 1.54) is 24.2 Å². The number of nitrogen functional groups attached to an aromatic ring is 1. The van der Waals surface area contributed by atoms with Crippen LogP contribution >= 0.6 is 11.3 Å². The van der Waals surface area contributed by atoms with Crippen LogP contribution in [-0.4, -0.2) is 48.1 Å². The number of rotatable bonds is 3. The number of aromatic nitrogens is 1. The van der Waals surface area contributed by atoms with E-state index < -0.39 is 0 Å². The molecule has 19 heavy (non-hydrogen) atoms. The second-order valence-electron chi connectivity index (χ2n) is 4.91. The van der Waals surface area contributed by atoms with Crippen molar-refractivity contribution in [1.82, 2.24) is 9.88 Å². The first-order valence-corrected chi connectivity index (χ1v) is 7.45. The molecular weight excluding hydrogens is 264 g/mol. The molecule has 1 aromatic heterocycles. The number of carbonyl (C=O) groups is 1. The summed E-state index contributed by atoms with van der Waals surface area (Å²) >= 11 is 1.36. The molecule has 1 aliphatic heterocycles. The fraction of sp³-hybridized carbons (Fsp3) is 0.667. The van der Waals surface area contributed by atoms with Crippen molar-refractivity contribution in [3.05, 3.63) is 4.88 Å². The number of ether oxygens (including phenoxy) is 1. The Morgan fingerprint density at radius 2 is 2.26 bits per heavy atom. The number of hydrogen-bond donors (Lipinski definition) is 2. The van der Waals surface area contributed by atoms with Gasteiger partial charge in [0.05, 0.1) is 6.61 Å². The molecular formula is C12H18N4O2S. The molecule has 0 unspecified atom stereocenters. The zero-order chi connectivity index (χ0) is 13.2. The highest BCUT2D eigenvalue weighted by Gasteiger charge is 2.26. The van der Waals surface area contributed by atoms with Crippen LogP contribution in [0, 0.1) is 0 Å². The van der Waals surface area contributed by atoms with Crippen LogP contribution in [0.15, 0.2) is 0 Å². The molecule has 1 amide bonds. The van der Waals surface area contributed by atoms with Gasteiger partial charge in [0.15, 0.2) is 5.13 Å². The lowest BCUT2D eigenvalue weighted by Gasteiger charge is -2.18. The molecule has 1 aliphatic carbocycles. The summed E-state index contributed by atoms with van der Waals surface area (Å²) < 4.78 is 5.36. The summed E-state index contributed by atoms with van der Waals surface area (Å²) in [7, 11) is 0. The SMILES string of the molecule is Nc1nc(NC2CC2)sc1C(=O)N1CCCOCC1. The molecule has 0 radical (unpaired) electrons. The lowest BCUT2D eigenvalue weighted by Crippen LogP contribution is -2.33. The second kappa shape index (κ2) is 5.34. The van der Waals surface area contributed by atoms with Crippen LogP contribution in [0.25, 0.3) is 0 Å². The van der Waals surface area contributed by atoms with Gasteiger partial charge in [-0.1, -0.05) is 11.3 Å². The molecule has 7 heteroatoms. The number of amides is 1. The lowest BCUT2D eigenvalue weighted by atomic mass is 10.3. The fourth-order valence-electron chi connectivity index (χ4n) is 2.04. The molecule has 2 heterocycles. The molecule has 0 aromatic carbocycles. The van der Waals surface area contributed by atoms with E-state index in [1.54, 1.807) is 4.90 Å². The second-order valence-corrected chi connectivity index (χ2v) is 5.91. The van der Waals surface area contributed by atoms with Gasteiger partial charge in [-0.25, -0.2) is 4.98 Å². The van der Waals surface area contributed by atoms with E-state index >= 15 is 0 Å². The molecule has 0 bridgehead atoms. The van der Waals surface area contributed by atoms with Crippen molar-refractivity contribution in [2.75, 3.05) is 37.4 Å². The van der Waals surface area contributed by atoms with Gasteiger partial charge in [0, 0.05) is 25.7 Å². The summed E-state index contributed by atoms with van der Waals surface area (Å²) in [6.07, 6.45) is 3.22. The Morgan fingerprint density at radius 1 is 1.42 bits per heavy atom. The van der Waals surface area contributed by atoms with Crippen molar-refractivity contribution in [2.24, 2.45) is 0 Å². The maximum absolute atomic E-state index is 12.4. The Bertz CT molecular complexity index is 464. The van der Waals surface area contributed by atoms with E-state index in [0.717, 1.165) is 24.7 Å². The summed E-state index contributed by atoms with van der Waals surface area (Å²) in [5.41, 5.74) is 5.86. The van der Waals surface area contributed by atoms with Crippen LogP contribution in [0.4, 0.5) is 10.9 Å². The Labute approximate surface area is 115 Å². The summed E-state index contributed by atoms with van der Waals surface area (Å²) in [5, 5.41) is 4.04. The van der Waals surface area contributed by atoms with Gasteiger partial charge >= 0.3 is 0 Å². The summed E-state index contributed by atoms with van der Waals surface area (Å²) in [6, 6.07) is 0.514. The quantitative estimate of drug-likeness (QED) is 0.869. The molecule has 3 rings (SSSR count). The molecule has 1 saturated heterocycles. The average Bonchev–Trinajstić information content (AvgIpc) is 3.16. The zero-order valence-electron chi connectivity index (χ0n) is 10.7. The van der Waals surface area contributed by atoms with Crippen molar-refractivity contribution in [3.63, 3.8) is 0 Å². The predicted octanol–water partition coefficient (Wildman–Crippen LogP) is 1.16. The van der Waals surface area contributed by atoms with E-state index in [-0.39, 0.29) is 5.91 Å². The maximum atomic E-state index is 12.4. The molecule has 2 fully saturated rings. The molecule has 6 nitrogen and oxygen atoms in total. The largest absolute Gasteiger partial charge is 0.382 e. The topological polar surface area (TPSA) is 80.5 Å². The normalized spacial score (nSPS) is 20.1. The Hall–Kier alpha value is -1.34. The molecule has 3 N–H and O–H groups in total. The van der Waals surface area contributed by atoms with Crippen LogP contribution in [0.5, 0.6) is 0 Å². The summed E-state index contributed by atoms with van der Waals surface area (Å²) in [5.74, 6) is 0.313. The fourth-order valence-corrected chi connectivity index (χ4v) is 2.97. The van der Waals surface area contributed by atoms with Gasteiger partial charge in [-0.05, 0) is 19.3 Å². The first kappa shape index (κ1) is 12.7. The van der Waals surface area contributed by atoms with Crippen LogP contribution in [-0.2, 0) is 4.74 Å². The van der Waals surface area contributed by atoms with Crippen LogP contribution < -0.4 is 11.1 Å². The minimum absolute atomic E-state index is 0.0238. The van der Waals surface area contributed by atoms with E-state index in [0.29, 0.717) is 29.9 Å². The predicted molar refractivity (Wildman–Crippen MR) is 74.5 cm³/mol. The smallest absolute Gasteiger partial charge is 0.267 e. The third-order valence-corrected chi connectivity index (χ3v) is 4.25. The van der Waals surface area contributed by atoms with Gasteiger partial charge in [0.25, 0.3) is 5.91 Å². The molecule has 104 valence electrons. The monoisotopic (exact) mass is 282 g/mol. The number of carbonyl (C=O) groups excluding carboxylic acids is 1. The third kappa shape index (κ3) is 2.98. The molecule has 0 spiro atoms. The highest BCUT2D eigenvalue weighted by Crippen LogP contribution is 2.31. The zero-order valence-corrected chi connectivity index (χ0v) is 11.5. The standard InChI is InChI=1S/C12H18N4O2S/c13-10-9(19-12(15-10)14-8-2-3-8)11(17)16-4-1-6-18-7-5-16/h8H,1-7,13H2,(H,14,15). The van der Waals surface area contributed by atoms with Gasteiger partial charge in [0.2, 0.25) is 0 Å². The van der Waals surface area contributed by atoms with Crippen molar-refractivity contribution in [1.29, 1.82) is 0 Å². The summed E-state index contributed by atoms with van der Waals surface area (Å²) in [4.78, 5) is 19.0. The van der Waals surface area contributed by atoms with E-state index in [2.05, 4.69) is 10.3 Å². The number of nitrogens with one attached hydrogen (secondary N) is 1. The van der Waals surface area contributed by atoms with Crippen molar-refractivity contribution < 1.29 is 9.53 Å². The van der Waals surface area contributed by atoms with E-state index in [9.17, 15) is 4.79 Å². The Balaban J connectivity index is 1.72. The lowest BCUT2D eigenvalue weighted by molar-refractivity contribution is 0.0747. The molecule has 2 aliphatic rings. The number of anilines is 2. The van der Waals surface area contributed by atoms with Crippen molar-refractivity contribution in [3.8, 4) is 0 Å². The minimum atomic E-state index is -0.0238.